The predicted octanol–water partition coefficient (Wildman–Crippen LogP) is 1.26. The van der Waals surface area contributed by atoms with Crippen LogP contribution in [0.4, 0.5) is 5.69 Å². The monoisotopic (exact) mass is 433 g/mol. The summed E-state index contributed by atoms with van der Waals surface area (Å²) in [7, 11) is 7.88. The van der Waals surface area contributed by atoms with Crippen LogP contribution in [0.5, 0.6) is 0 Å². The molecule has 2 N–H and O–H groups in total. The van der Waals surface area contributed by atoms with Crippen molar-refractivity contribution in [2.45, 2.75) is 13.1 Å². The summed E-state index contributed by atoms with van der Waals surface area (Å²) in [6, 6.07) is 9.28. The molecule has 0 atom stereocenters. The lowest BCUT2D eigenvalue weighted by Crippen LogP contribution is -2.40. The predicted molar refractivity (Wildman–Crippen MR) is 129 cm³/mol. The van der Waals surface area contributed by atoms with Gasteiger partial charge in [0.1, 0.15) is 5.52 Å². The molecule has 9 heteroatoms. The molecule has 0 unspecified atom stereocenters. The SMILES string of the molecule is CN(C)CCn1c(=O)c2ccc3c4c(nn3CCN(C)C)c3ccc(N)cc3n(c1=O)c24. The van der Waals surface area contributed by atoms with Gasteiger partial charge in [0.2, 0.25) is 0 Å². The minimum atomic E-state index is -0.351. The van der Waals surface area contributed by atoms with E-state index in [-0.39, 0.29) is 11.2 Å². The smallest absolute Gasteiger partial charge is 0.336 e. The topological polar surface area (TPSA) is 93.8 Å². The first-order chi connectivity index (χ1) is 15.3. The zero-order chi connectivity index (χ0) is 22.7. The zero-order valence-corrected chi connectivity index (χ0v) is 18.8. The fourth-order valence-electron chi connectivity index (χ4n) is 4.42. The van der Waals surface area contributed by atoms with Crippen molar-refractivity contribution in [1.82, 2.24) is 28.5 Å². The highest BCUT2D eigenvalue weighted by atomic mass is 16.2. The number of pyridine rings is 1. The highest BCUT2D eigenvalue weighted by molar-refractivity contribution is 6.21. The summed E-state index contributed by atoms with van der Waals surface area (Å²) in [5.74, 6) is 0. The summed E-state index contributed by atoms with van der Waals surface area (Å²) < 4.78 is 4.93. The number of anilines is 1. The van der Waals surface area contributed by atoms with Crippen LogP contribution in [0.3, 0.4) is 0 Å². The Morgan fingerprint density at radius 2 is 1.59 bits per heavy atom. The molecule has 0 aliphatic carbocycles. The van der Waals surface area contributed by atoms with Crippen molar-refractivity contribution in [2.75, 3.05) is 47.0 Å². The first-order valence-electron chi connectivity index (χ1n) is 10.7. The number of aromatic nitrogens is 4. The Bertz CT molecular complexity index is 1590. The van der Waals surface area contributed by atoms with Crippen LogP contribution >= 0.6 is 0 Å². The fourth-order valence-corrected chi connectivity index (χ4v) is 4.42. The molecular weight excluding hydrogens is 406 g/mol. The van der Waals surface area contributed by atoms with Crippen molar-refractivity contribution in [3.63, 3.8) is 0 Å². The molecule has 0 saturated heterocycles. The second kappa shape index (κ2) is 7.32. The summed E-state index contributed by atoms with van der Waals surface area (Å²) in [5.41, 5.74) is 9.01. The van der Waals surface area contributed by atoms with E-state index in [2.05, 4.69) is 4.90 Å². The Kier molecular flexibility index (Phi) is 4.68. The van der Waals surface area contributed by atoms with Crippen LogP contribution in [0, 0.1) is 0 Å². The lowest BCUT2D eigenvalue weighted by molar-refractivity contribution is 0.376. The number of nitrogen functional groups attached to an aromatic ring is 1. The maximum Gasteiger partial charge on any atom is 0.336 e. The van der Waals surface area contributed by atoms with Crippen LogP contribution < -0.4 is 17.0 Å². The number of nitrogens with two attached hydrogens (primary N) is 1. The maximum absolute atomic E-state index is 13.6. The summed E-state index contributed by atoms with van der Waals surface area (Å²) in [6.45, 7) is 2.41. The standard InChI is InChI=1S/C23H27N7O2/c1-26(2)9-11-28-22(31)16-7-8-17-19-20(25-29(17)12-10-27(3)4)15-6-5-14(24)13-18(15)30(21(16)19)23(28)32/h5-8,13H,9-12,24H2,1-4H3. The third-order valence-electron chi connectivity index (χ3n) is 6.06. The van der Waals surface area contributed by atoms with E-state index in [0.717, 1.165) is 28.4 Å². The van der Waals surface area contributed by atoms with Crippen LogP contribution in [-0.2, 0) is 13.1 Å². The van der Waals surface area contributed by atoms with Crippen LogP contribution in [0.15, 0.2) is 39.9 Å². The fraction of sp³-hybridized carbons (Fsp3) is 0.348. The zero-order valence-electron chi connectivity index (χ0n) is 18.8. The highest BCUT2D eigenvalue weighted by Crippen LogP contribution is 2.34. The molecular formula is C23H27N7O2. The van der Waals surface area contributed by atoms with Gasteiger partial charge in [0, 0.05) is 30.7 Å². The van der Waals surface area contributed by atoms with E-state index in [9.17, 15) is 9.59 Å². The van der Waals surface area contributed by atoms with E-state index in [1.807, 2.05) is 62.0 Å². The molecule has 0 fully saturated rings. The number of nitrogens with zero attached hydrogens (tertiary/aromatic N) is 6. The van der Waals surface area contributed by atoms with E-state index in [0.29, 0.717) is 41.7 Å². The molecule has 0 saturated carbocycles. The van der Waals surface area contributed by atoms with Crippen molar-refractivity contribution < 1.29 is 0 Å². The summed E-state index contributed by atoms with van der Waals surface area (Å²) >= 11 is 0. The van der Waals surface area contributed by atoms with E-state index in [1.54, 1.807) is 10.5 Å². The molecule has 0 amide bonds. The Morgan fingerprint density at radius 1 is 0.906 bits per heavy atom. The third-order valence-corrected chi connectivity index (χ3v) is 6.06. The molecule has 3 aromatic heterocycles. The first-order valence-corrected chi connectivity index (χ1v) is 10.7. The lowest BCUT2D eigenvalue weighted by Gasteiger charge is -2.16. The van der Waals surface area contributed by atoms with Crippen LogP contribution in [-0.4, -0.2) is 69.8 Å². The largest absolute Gasteiger partial charge is 0.399 e. The van der Waals surface area contributed by atoms with Gasteiger partial charge in [-0.15, -0.1) is 0 Å². The van der Waals surface area contributed by atoms with E-state index < -0.39 is 0 Å². The van der Waals surface area contributed by atoms with Gasteiger partial charge in [-0.1, -0.05) is 0 Å². The number of likely N-dealkylation sites (N-methyl/N-ethyl adjacent to an activating group) is 2. The molecule has 2 aromatic carbocycles. The van der Waals surface area contributed by atoms with Gasteiger partial charge in [0.05, 0.1) is 33.9 Å². The molecule has 0 radical (unpaired) electrons. The van der Waals surface area contributed by atoms with Gasteiger partial charge >= 0.3 is 5.69 Å². The number of hydrogen-bond acceptors (Lipinski definition) is 6. The Hall–Kier alpha value is -3.43. The average molecular weight is 434 g/mol. The van der Waals surface area contributed by atoms with E-state index in [4.69, 9.17) is 10.8 Å². The second-order valence-corrected chi connectivity index (χ2v) is 8.89. The van der Waals surface area contributed by atoms with Crippen LogP contribution in [0.1, 0.15) is 0 Å². The van der Waals surface area contributed by atoms with E-state index in [1.165, 1.54) is 4.57 Å². The van der Waals surface area contributed by atoms with Gasteiger partial charge in [-0.2, -0.15) is 5.10 Å². The maximum atomic E-state index is 13.6. The number of fused-ring (bicyclic) bond motifs is 3. The molecule has 9 nitrogen and oxygen atoms in total. The quantitative estimate of drug-likeness (QED) is 0.246. The van der Waals surface area contributed by atoms with Gasteiger partial charge in [0.15, 0.2) is 0 Å². The number of rotatable bonds is 6. The molecule has 166 valence electrons. The Morgan fingerprint density at radius 3 is 2.31 bits per heavy atom. The van der Waals surface area contributed by atoms with E-state index >= 15 is 0 Å². The molecule has 0 aliphatic heterocycles. The molecule has 3 heterocycles. The van der Waals surface area contributed by atoms with Gasteiger partial charge in [-0.05, 0) is 58.5 Å². The highest BCUT2D eigenvalue weighted by Gasteiger charge is 2.22. The molecule has 5 aromatic rings. The van der Waals surface area contributed by atoms with Crippen molar-refractivity contribution in [3.05, 3.63) is 51.2 Å². The van der Waals surface area contributed by atoms with Crippen molar-refractivity contribution in [3.8, 4) is 0 Å². The number of hydrogen-bond donors (Lipinski definition) is 1. The summed E-state index contributed by atoms with van der Waals surface area (Å²) in [6.07, 6.45) is 0. The minimum absolute atomic E-state index is 0.274. The van der Waals surface area contributed by atoms with Crippen molar-refractivity contribution in [2.24, 2.45) is 0 Å². The van der Waals surface area contributed by atoms with Gasteiger partial charge in [0.25, 0.3) is 5.56 Å². The summed E-state index contributed by atoms with van der Waals surface area (Å²) in [4.78, 5) is 31.1. The Labute approximate surface area is 184 Å². The first kappa shape index (κ1) is 20.5. The number of benzene rings is 2. The minimum Gasteiger partial charge on any atom is -0.399 e. The van der Waals surface area contributed by atoms with Crippen molar-refractivity contribution in [1.29, 1.82) is 0 Å². The second-order valence-electron chi connectivity index (χ2n) is 8.89. The van der Waals surface area contributed by atoms with Gasteiger partial charge in [-0.25, -0.2) is 4.79 Å². The average Bonchev–Trinajstić information content (AvgIpc) is 3.11. The molecule has 0 aliphatic rings. The van der Waals surface area contributed by atoms with Crippen LogP contribution in [0.25, 0.3) is 38.2 Å². The third kappa shape index (κ3) is 2.96. The molecule has 5 rings (SSSR count). The van der Waals surface area contributed by atoms with Crippen molar-refractivity contribution >= 4 is 43.9 Å². The Balaban J connectivity index is 1.97. The van der Waals surface area contributed by atoms with Crippen LogP contribution in [0.2, 0.25) is 0 Å². The molecule has 0 spiro atoms. The van der Waals surface area contributed by atoms with Gasteiger partial charge in [-0.3, -0.25) is 18.4 Å². The summed E-state index contributed by atoms with van der Waals surface area (Å²) in [5, 5.41) is 7.10. The molecule has 0 bridgehead atoms. The normalized spacial score (nSPS) is 12.6. The lowest BCUT2D eigenvalue weighted by atomic mass is 10.1. The molecule has 32 heavy (non-hydrogen) atoms. The van der Waals surface area contributed by atoms with Gasteiger partial charge < -0.3 is 15.5 Å².